The number of amides is 1. The summed E-state index contributed by atoms with van der Waals surface area (Å²) in [7, 11) is 0. The zero-order chi connectivity index (χ0) is 28.3. The van der Waals surface area contributed by atoms with E-state index in [4.69, 9.17) is 32.9 Å². The van der Waals surface area contributed by atoms with Crippen LogP contribution in [0.25, 0.3) is 0 Å². The Morgan fingerprint density at radius 2 is 1.75 bits per heavy atom. The van der Waals surface area contributed by atoms with E-state index in [0.717, 1.165) is 46.7 Å². The van der Waals surface area contributed by atoms with Crippen molar-refractivity contribution in [3.8, 4) is 5.75 Å². The van der Waals surface area contributed by atoms with Gasteiger partial charge < -0.3 is 10.1 Å². The number of nitrogens with one attached hydrogen (secondary N) is 1. The largest absolute Gasteiger partial charge is 0.489 e. The number of anilines is 1. The number of carbonyl (C=O) groups is 1. The maximum atomic E-state index is 13.6. The molecule has 1 amide bonds. The quantitative estimate of drug-likeness (QED) is 0.218. The van der Waals surface area contributed by atoms with Gasteiger partial charge in [-0.15, -0.1) is 11.3 Å². The molecule has 0 spiro atoms. The molecule has 1 heterocycles. The first-order chi connectivity index (χ1) is 19.2. The number of halogens is 2. The Balaban J connectivity index is 1.40. The lowest BCUT2D eigenvalue weighted by atomic mass is 9.72. The molecule has 1 N–H and O–H groups in total. The first-order valence-corrected chi connectivity index (χ1v) is 15.0. The van der Waals surface area contributed by atoms with Gasteiger partial charge in [0.25, 0.3) is 5.91 Å². The summed E-state index contributed by atoms with van der Waals surface area (Å²) in [6.45, 7) is 7.34. The number of ether oxygens (including phenoxy) is 1. The Bertz CT molecular complexity index is 1520. The highest BCUT2D eigenvalue weighted by Gasteiger charge is 2.33. The maximum absolute atomic E-state index is 13.6. The summed E-state index contributed by atoms with van der Waals surface area (Å²) in [6.07, 6.45) is 4.71. The number of benzene rings is 3. The van der Waals surface area contributed by atoms with Crippen LogP contribution in [0.15, 0.2) is 77.8 Å². The van der Waals surface area contributed by atoms with Crippen molar-refractivity contribution >= 4 is 57.3 Å². The Hall–Kier alpha value is -3.12. The molecule has 5 rings (SSSR count). The van der Waals surface area contributed by atoms with E-state index in [9.17, 15) is 4.79 Å². The molecular formula is C33H32Cl2N2O2S. The van der Waals surface area contributed by atoms with E-state index in [1.807, 2.05) is 66.9 Å². The summed E-state index contributed by atoms with van der Waals surface area (Å²) in [5.41, 5.74) is 4.66. The fourth-order valence-corrected chi connectivity index (χ4v) is 6.45. The van der Waals surface area contributed by atoms with Crippen LogP contribution in [-0.4, -0.2) is 12.1 Å². The molecule has 1 aromatic heterocycles. The van der Waals surface area contributed by atoms with E-state index in [1.165, 1.54) is 4.88 Å². The van der Waals surface area contributed by atoms with E-state index in [2.05, 4.69) is 26.1 Å². The predicted octanol–water partition coefficient (Wildman–Crippen LogP) is 9.79. The fraction of sp³-hybridized carbons (Fsp3) is 0.273. The SMILES string of the molecule is CC(C)(C)[C@@H]1CCc2c(sc(N=Cc3cccc(OCc4ccc(Cl)cc4)c3)c2C(=O)Nc2ccc(Cl)cc2)C1. The van der Waals surface area contributed by atoms with Crippen molar-refractivity contribution in [3.05, 3.63) is 110 Å². The number of rotatable bonds is 7. The Labute approximate surface area is 250 Å². The van der Waals surface area contributed by atoms with Gasteiger partial charge >= 0.3 is 0 Å². The lowest BCUT2D eigenvalue weighted by Gasteiger charge is -2.33. The summed E-state index contributed by atoms with van der Waals surface area (Å²) in [5, 5.41) is 5.12. The summed E-state index contributed by atoms with van der Waals surface area (Å²) in [4.78, 5) is 19.7. The topological polar surface area (TPSA) is 50.7 Å². The van der Waals surface area contributed by atoms with E-state index < -0.39 is 0 Å². The lowest BCUT2D eigenvalue weighted by molar-refractivity contribution is 0.102. The molecule has 0 fully saturated rings. The van der Waals surface area contributed by atoms with Crippen molar-refractivity contribution in [2.45, 2.75) is 46.6 Å². The van der Waals surface area contributed by atoms with Crippen LogP contribution >= 0.6 is 34.5 Å². The van der Waals surface area contributed by atoms with Gasteiger partial charge in [-0.05, 0) is 95.8 Å². The van der Waals surface area contributed by atoms with Gasteiger partial charge in [-0.2, -0.15) is 0 Å². The lowest BCUT2D eigenvalue weighted by Crippen LogP contribution is -2.27. The molecule has 0 aliphatic heterocycles. The standard InChI is InChI=1S/C33H32Cl2N2O2S/c1-33(2,3)23-9-16-28-29(18-23)40-32(30(28)31(38)37-26-14-12-25(35)13-15-26)36-19-22-5-4-6-27(17-22)39-20-21-7-10-24(34)11-8-21/h4-8,10-15,17,19,23H,9,16,18,20H2,1-3H3,(H,37,38)/t23-/m1/s1. The van der Waals surface area contributed by atoms with Crippen LogP contribution in [0, 0.1) is 11.3 Å². The Kier molecular flexibility index (Phi) is 8.65. The number of aliphatic imine (C=N–C) groups is 1. The molecule has 0 radical (unpaired) electrons. The molecule has 0 saturated carbocycles. The first kappa shape index (κ1) is 28.4. The molecule has 1 aliphatic rings. The van der Waals surface area contributed by atoms with Crippen LogP contribution in [-0.2, 0) is 19.4 Å². The van der Waals surface area contributed by atoms with E-state index in [-0.39, 0.29) is 11.3 Å². The highest BCUT2D eigenvalue weighted by atomic mass is 35.5. The molecule has 4 aromatic rings. The molecule has 0 unspecified atom stereocenters. The number of nitrogens with zero attached hydrogens (tertiary/aromatic N) is 1. The summed E-state index contributed by atoms with van der Waals surface area (Å²) >= 11 is 13.7. The van der Waals surface area contributed by atoms with E-state index >= 15 is 0 Å². The summed E-state index contributed by atoms with van der Waals surface area (Å²) in [6, 6.07) is 22.6. The monoisotopic (exact) mass is 590 g/mol. The van der Waals surface area contributed by atoms with Gasteiger partial charge in [0.1, 0.15) is 17.4 Å². The minimum Gasteiger partial charge on any atom is -0.489 e. The first-order valence-electron chi connectivity index (χ1n) is 13.4. The molecule has 4 nitrogen and oxygen atoms in total. The van der Waals surface area contributed by atoms with Gasteiger partial charge in [0, 0.05) is 26.8 Å². The van der Waals surface area contributed by atoms with E-state index in [0.29, 0.717) is 33.8 Å². The molecule has 7 heteroatoms. The molecule has 3 aromatic carbocycles. The van der Waals surface area contributed by atoms with E-state index in [1.54, 1.807) is 23.5 Å². The smallest absolute Gasteiger partial charge is 0.259 e. The average Bonchev–Trinajstić information content (AvgIpc) is 3.30. The number of hydrogen-bond donors (Lipinski definition) is 1. The second-order valence-electron chi connectivity index (χ2n) is 11.2. The zero-order valence-corrected chi connectivity index (χ0v) is 25.2. The zero-order valence-electron chi connectivity index (χ0n) is 22.8. The van der Waals surface area contributed by atoms with Crippen LogP contribution in [0.3, 0.4) is 0 Å². The molecule has 1 atom stereocenters. The highest BCUT2D eigenvalue weighted by Crippen LogP contribution is 2.45. The number of carbonyl (C=O) groups excluding carboxylic acids is 1. The van der Waals surface area contributed by atoms with Gasteiger partial charge in [0.2, 0.25) is 0 Å². The van der Waals surface area contributed by atoms with Gasteiger partial charge in [0.05, 0.1) is 5.56 Å². The fourth-order valence-electron chi connectivity index (χ4n) is 4.93. The van der Waals surface area contributed by atoms with Crippen molar-refractivity contribution < 1.29 is 9.53 Å². The molecule has 1 aliphatic carbocycles. The normalized spacial score (nSPS) is 15.2. The predicted molar refractivity (Wildman–Crippen MR) is 168 cm³/mol. The Morgan fingerprint density at radius 3 is 2.45 bits per heavy atom. The number of hydrogen-bond acceptors (Lipinski definition) is 4. The van der Waals surface area contributed by atoms with Gasteiger partial charge in [-0.25, -0.2) is 4.99 Å². The third-order valence-corrected chi connectivity index (χ3v) is 8.97. The molecule has 206 valence electrons. The van der Waals surface area contributed by atoms with Crippen molar-refractivity contribution in [3.63, 3.8) is 0 Å². The van der Waals surface area contributed by atoms with Crippen LogP contribution in [0.2, 0.25) is 10.0 Å². The van der Waals surface area contributed by atoms with Crippen molar-refractivity contribution in [1.82, 2.24) is 0 Å². The summed E-state index contributed by atoms with van der Waals surface area (Å²) in [5.74, 6) is 1.18. The van der Waals surface area contributed by atoms with Gasteiger partial charge in [-0.3, -0.25) is 4.79 Å². The molecule has 0 saturated heterocycles. The van der Waals surface area contributed by atoms with Crippen LogP contribution < -0.4 is 10.1 Å². The minimum absolute atomic E-state index is 0.138. The van der Waals surface area contributed by atoms with Gasteiger partial charge in [0.15, 0.2) is 0 Å². The maximum Gasteiger partial charge on any atom is 0.259 e. The molecule has 0 bridgehead atoms. The second-order valence-corrected chi connectivity index (χ2v) is 13.2. The van der Waals surface area contributed by atoms with Crippen molar-refractivity contribution in [2.75, 3.05) is 5.32 Å². The van der Waals surface area contributed by atoms with Crippen LogP contribution in [0.1, 0.15) is 59.1 Å². The highest BCUT2D eigenvalue weighted by molar-refractivity contribution is 7.16. The minimum atomic E-state index is -0.138. The molecular weight excluding hydrogens is 559 g/mol. The molecule has 40 heavy (non-hydrogen) atoms. The van der Waals surface area contributed by atoms with Gasteiger partial charge in [-0.1, -0.05) is 68.2 Å². The number of fused-ring (bicyclic) bond motifs is 1. The van der Waals surface area contributed by atoms with Crippen molar-refractivity contribution in [1.29, 1.82) is 0 Å². The van der Waals surface area contributed by atoms with Crippen molar-refractivity contribution in [2.24, 2.45) is 16.3 Å². The summed E-state index contributed by atoms with van der Waals surface area (Å²) < 4.78 is 6.00. The average molecular weight is 592 g/mol. The van der Waals surface area contributed by atoms with Crippen LogP contribution in [0.5, 0.6) is 5.75 Å². The third-order valence-electron chi connectivity index (χ3n) is 7.31. The third kappa shape index (κ3) is 6.95. The number of thiophene rings is 1. The Morgan fingerprint density at radius 1 is 1.05 bits per heavy atom. The second kappa shape index (κ2) is 12.2. The van der Waals surface area contributed by atoms with Crippen LogP contribution in [0.4, 0.5) is 10.7 Å².